The molecule has 82 valence electrons. The summed E-state index contributed by atoms with van der Waals surface area (Å²) in [6.07, 6.45) is 0. The quantitative estimate of drug-likeness (QED) is 0.854. The average Bonchev–Trinajstić information content (AvgIpc) is 2.31. The monoisotopic (exact) mass is 251 g/mol. The minimum absolute atomic E-state index is 0.346. The molecule has 0 atom stereocenters. The van der Waals surface area contributed by atoms with Crippen molar-refractivity contribution in [3.05, 3.63) is 58.1 Å². The van der Waals surface area contributed by atoms with Crippen LogP contribution in [0.5, 0.6) is 0 Å². The zero-order valence-corrected chi connectivity index (χ0v) is 10.1. The second-order valence-corrected chi connectivity index (χ2v) is 4.24. The fraction of sp³-hybridized carbons (Fsp3) is 0.0769. The molecule has 0 saturated heterocycles. The zero-order chi connectivity index (χ0) is 11.5. The van der Waals surface area contributed by atoms with Crippen LogP contribution in [0.15, 0.2) is 42.5 Å². The van der Waals surface area contributed by atoms with E-state index in [1.165, 1.54) is 0 Å². The molecule has 0 aliphatic carbocycles. The van der Waals surface area contributed by atoms with Gasteiger partial charge in [0.15, 0.2) is 0 Å². The Morgan fingerprint density at radius 3 is 2.25 bits per heavy atom. The van der Waals surface area contributed by atoms with Crippen LogP contribution in [0.2, 0.25) is 10.0 Å². The van der Waals surface area contributed by atoms with Crippen LogP contribution in [0.1, 0.15) is 5.56 Å². The van der Waals surface area contributed by atoms with Crippen molar-refractivity contribution in [1.82, 2.24) is 0 Å². The van der Waals surface area contributed by atoms with Crippen molar-refractivity contribution in [3.8, 4) is 11.1 Å². The van der Waals surface area contributed by atoms with Gasteiger partial charge in [-0.15, -0.1) is 0 Å². The van der Waals surface area contributed by atoms with Gasteiger partial charge < -0.3 is 5.73 Å². The maximum Gasteiger partial charge on any atom is 0.0544 e. The first kappa shape index (κ1) is 11.5. The van der Waals surface area contributed by atoms with Gasteiger partial charge in [0.1, 0.15) is 0 Å². The largest absolute Gasteiger partial charge is 0.326 e. The Balaban J connectivity index is 2.59. The summed E-state index contributed by atoms with van der Waals surface area (Å²) in [5.41, 5.74) is 8.46. The molecule has 1 nitrogen and oxygen atoms in total. The van der Waals surface area contributed by atoms with Crippen LogP contribution in [0.4, 0.5) is 0 Å². The van der Waals surface area contributed by atoms with Crippen LogP contribution >= 0.6 is 23.2 Å². The van der Waals surface area contributed by atoms with Crippen LogP contribution in [-0.4, -0.2) is 0 Å². The maximum atomic E-state index is 6.28. The predicted molar refractivity (Wildman–Crippen MR) is 69.8 cm³/mol. The van der Waals surface area contributed by atoms with Gasteiger partial charge in [-0.2, -0.15) is 0 Å². The summed E-state index contributed by atoms with van der Waals surface area (Å²) in [6, 6.07) is 13.7. The average molecular weight is 252 g/mol. The molecule has 16 heavy (non-hydrogen) atoms. The minimum Gasteiger partial charge on any atom is -0.326 e. The van der Waals surface area contributed by atoms with Gasteiger partial charge in [0, 0.05) is 22.7 Å². The fourth-order valence-electron chi connectivity index (χ4n) is 1.63. The molecule has 0 unspecified atom stereocenters. The lowest BCUT2D eigenvalue weighted by Crippen LogP contribution is -1.99. The van der Waals surface area contributed by atoms with Crippen molar-refractivity contribution in [2.75, 3.05) is 0 Å². The lowest BCUT2D eigenvalue weighted by molar-refractivity contribution is 1.07. The summed E-state index contributed by atoms with van der Waals surface area (Å²) >= 11 is 12.3. The molecular weight excluding hydrogens is 241 g/mol. The summed E-state index contributed by atoms with van der Waals surface area (Å²) in [4.78, 5) is 0. The molecule has 0 saturated carbocycles. The van der Waals surface area contributed by atoms with Crippen molar-refractivity contribution in [3.63, 3.8) is 0 Å². The highest BCUT2D eigenvalue weighted by Gasteiger charge is 2.10. The fourth-order valence-corrected chi connectivity index (χ4v) is 2.26. The molecule has 0 bridgehead atoms. The van der Waals surface area contributed by atoms with E-state index in [2.05, 4.69) is 0 Å². The van der Waals surface area contributed by atoms with Crippen molar-refractivity contribution >= 4 is 23.2 Å². The number of benzene rings is 2. The third kappa shape index (κ3) is 2.07. The SMILES string of the molecule is NCc1c(Cl)ccc(-c2ccccc2)c1Cl. The molecule has 3 heteroatoms. The highest BCUT2D eigenvalue weighted by molar-refractivity contribution is 6.37. The van der Waals surface area contributed by atoms with E-state index in [1.54, 1.807) is 0 Å². The molecular formula is C13H11Cl2N. The molecule has 0 amide bonds. The Bertz CT molecular complexity index is 495. The second kappa shape index (κ2) is 4.88. The van der Waals surface area contributed by atoms with Gasteiger partial charge in [0.05, 0.1) is 5.02 Å². The Morgan fingerprint density at radius 2 is 1.62 bits per heavy atom. The Labute approximate surface area is 105 Å². The molecule has 0 aliphatic rings. The standard InChI is InChI=1S/C13H11Cl2N/c14-12-7-6-10(13(15)11(12)8-16)9-4-2-1-3-5-9/h1-7H,8,16H2. The van der Waals surface area contributed by atoms with E-state index in [0.717, 1.165) is 16.7 Å². The number of nitrogens with two attached hydrogens (primary N) is 1. The Kier molecular flexibility index (Phi) is 3.49. The summed E-state index contributed by atoms with van der Waals surface area (Å²) in [5, 5.41) is 1.26. The first-order valence-corrected chi connectivity index (χ1v) is 5.72. The van der Waals surface area contributed by atoms with Crippen molar-refractivity contribution in [1.29, 1.82) is 0 Å². The lowest BCUT2D eigenvalue weighted by atomic mass is 10.0. The number of halogens is 2. The Hall–Kier alpha value is -1.02. The molecule has 2 aromatic rings. The van der Waals surface area contributed by atoms with Gasteiger partial charge in [0.25, 0.3) is 0 Å². The first-order valence-electron chi connectivity index (χ1n) is 4.96. The van der Waals surface area contributed by atoms with Crippen LogP contribution in [0, 0.1) is 0 Å². The highest BCUT2D eigenvalue weighted by atomic mass is 35.5. The van der Waals surface area contributed by atoms with E-state index in [0.29, 0.717) is 16.6 Å². The third-order valence-electron chi connectivity index (χ3n) is 2.47. The van der Waals surface area contributed by atoms with E-state index >= 15 is 0 Å². The molecule has 2 aromatic carbocycles. The zero-order valence-electron chi connectivity index (χ0n) is 8.58. The summed E-state index contributed by atoms with van der Waals surface area (Å²) in [6.45, 7) is 0.346. The van der Waals surface area contributed by atoms with Gasteiger partial charge >= 0.3 is 0 Å². The van der Waals surface area contributed by atoms with Crippen LogP contribution < -0.4 is 5.73 Å². The van der Waals surface area contributed by atoms with Crippen LogP contribution in [0.3, 0.4) is 0 Å². The van der Waals surface area contributed by atoms with Crippen molar-refractivity contribution in [2.24, 2.45) is 5.73 Å². The summed E-state index contributed by atoms with van der Waals surface area (Å²) in [7, 11) is 0. The maximum absolute atomic E-state index is 6.28. The van der Waals surface area contributed by atoms with Crippen molar-refractivity contribution < 1.29 is 0 Å². The molecule has 0 spiro atoms. The van der Waals surface area contributed by atoms with Gasteiger partial charge in [-0.25, -0.2) is 0 Å². The van der Waals surface area contributed by atoms with Gasteiger partial charge in [0.2, 0.25) is 0 Å². The van der Waals surface area contributed by atoms with Crippen molar-refractivity contribution in [2.45, 2.75) is 6.54 Å². The normalized spacial score (nSPS) is 10.4. The molecule has 2 rings (SSSR count). The number of hydrogen-bond donors (Lipinski definition) is 1. The summed E-state index contributed by atoms with van der Waals surface area (Å²) in [5.74, 6) is 0. The second-order valence-electron chi connectivity index (χ2n) is 3.46. The van der Waals surface area contributed by atoms with Gasteiger partial charge in [-0.3, -0.25) is 0 Å². The highest BCUT2D eigenvalue weighted by Crippen LogP contribution is 2.34. The molecule has 0 aromatic heterocycles. The predicted octanol–water partition coefficient (Wildman–Crippen LogP) is 4.12. The summed E-state index contributed by atoms with van der Waals surface area (Å²) < 4.78 is 0. The Morgan fingerprint density at radius 1 is 0.938 bits per heavy atom. The molecule has 0 aliphatic heterocycles. The molecule has 0 fully saturated rings. The topological polar surface area (TPSA) is 26.0 Å². The van der Waals surface area contributed by atoms with E-state index in [4.69, 9.17) is 28.9 Å². The molecule has 0 heterocycles. The third-order valence-corrected chi connectivity index (χ3v) is 3.26. The number of rotatable bonds is 2. The lowest BCUT2D eigenvalue weighted by Gasteiger charge is -2.10. The van der Waals surface area contributed by atoms with E-state index in [1.807, 2.05) is 42.5 Å². The smallest absolute Gasteiger partial charge is 0.0544 e. The van der Waals surface area contributed by atoms with Crippen LogP contribution in [-0.2, 0) is 6.54 Å². The van der Waals surface area contributed by atoms with E-state index < -0.39 is 0 Å². The molecule has 2 N–H and O–H groups in total. The van der Waals surface area contributed by atoms with Gasteiger partial charge in [-0.1, -0.05) is 59.6 Å². The van der Waals surface area contributed by atoms with Gasteiger partial charge in [-0.05, 0) is 11.6 Å². The van der Waals surface area contributed by atoms with Crippen LogP contribution in [0.25, 0.3) is 11.1 Å². The van der Waals surface area contributed by atoms with E-state index in [9.17, 15) is 0 Å². The first-order chi connectivity index (χ1) is 7.74. The molecule has 0 radical (unpaired) electrons. The minimum atomic E-state index is 0.346. The van der Waals surface area contributed by atoms with E-state index in [-0.39, 0.29) is 0 Å². The number of hydrogen-bond acceptors (Lipinski definition) is 1.